The van der Waals surface area contributed by atoms with E-state index in [9.17, 15) is 24.0 Å². The molecule has 0 bridgehead atoms. The molecule has 0 aromatic rings. The van der Waals surface area contributed by atoms with E-state index in [-0.39, 0.29) is 25.0 Å². The molecule has 1 rings (SSSR count). The van der Waals surface area contributed by atoms with Crippen molar-refractivity contribution in [3.8, 4) is 0 Å². The number of carbonyl (C=O) groups is 5. The molecule has 0 spiro atoms. The number of imide groups is 2. The molecule has 0 saturated carbocycles. The zero-order chi connectivity index (χ0) is 16.2. The number of carbonyl (C=O) groups excluding carboxylic acids is 5. The van der Waals surface area contributed by atoms with Gasteiger partial charge in [-0.2, -0.15) is 0 Å². The van der Waals surface area contributed by atoms with Crippen molar-refractivity contribution in [1.82, 2.24) is 20.4 Å². The number of urea groups is 1. The smallest absolute Gasteiger partial charge is 0.334 e. The van der Waals surface area contributed by atoms with E-state index in [1.54, 1.807) is 20.8 Å². The van der Waals surface area contributed by atoms with Crippen LogP contribution in [-0.4, -0.2) is 65.1 Å². The molecule has 1 aliphatic rings. The zero-order valence-corrected chi connectivity index (χ0v) is 12.1. The Kier molecular flexibility index (Phi) is 5.39. The molecule has 1 saturated heterocycles. The molecule has 0 aromatic heterocycles. The Labute approximate surface area is 121 Å². The van der Waals surface area contributed by atoms with Crippen LogP contribution in [-0.2, 0) is 19.2 Å². The van der Waals surface area contributed by atoms with Crippen molar-refractivity contribution in [1.29, 1.82) is 0 Å². The van der Waals surface area contributed by atoms with E-state index in [0.717, 1.165) is 4.90 Å². The molecule has 6 amide bonds. The van der Waals surface area contributed by atoms with Crippen molar-refractivity contribution in [3.63, 3.8) is 0 Å². The molecule has 9 nitrogen and oxygen atoms in total. The highest BCUT2D eigenvalue weighted by Gasteiger charge is 2.44. The Bertz CT molecular complexity index is 488. The van der Waals surface area contributed by atoms with Crippen LogP contribution in [0.25, 0.3) is 0 Å². The highest BCUT2D eigenvalue weighted by molar-refractivity contribution is 6.45. The van der Waals surface area contributed by atoms with Gasteiger partial charge in [0.2, 0.25) is 11.8 Å². The summed E-state index contributed by atoms with van der Waals surface area (Å²) in [5.74, 6) is -3.07. The SMILES string of the molecule is CCN1C(=O)C(=O)N(CC(=O)NCC(=O)NC(C)C)C1=O. The van der Waals surface area contributed by atoms with Crippen molar-refractivity contribution in [2.75, 3.05) is 19.6 Å². The molecule has 2 N–H and O–H groups in total. The van der Waals surface area contributed by atoms with Crippen molar-refractivity contribution in [3.05, 3.63) is 0 Å². The second-order valence-electron chi connectivity index (χ2n) is 4.72. The lowest BCUT2D eigenvalue weighted by atomic mass is 10.4. The lowest BCUT2D eigenvalue weighted by molar-refractivity contribution is -0.144. The van der Waals surface area contributed by atoms with E-state index in [2.05, 4.69) is 10.6 Å². The van der Waals surface area contributed by atoms with E-state index >= 15 is 0 Å². The minimum atomic E-state index is -1.04. The van der Waals surface area contributed by atoms with E-state index < -0.39 is 30.3 Å². The van der Waals surface area contributed by atoms with Gasteiger partial charge in [0, 0.05) is 12.6 Å². The number of hydrogen-bond acceptors (Lipinski definition) is 5. The molecule has 0 atom stereocenters. The summed E-state index contributed by atoms with van der Waals surface area (Å²) in [4.78, 5) is 59.0. The summed E-state index contributed by atoms with van der Waals surface area (Å²) >= 11 is 0. The maximum atomic E-state index is 11.7. The summed E-state index contributed by atoms with van der Waals surface area (Å²) in [6.07, 6.45) is 0. The maximum Gasteiger partial charge on any atom is 0.334 e. The van der Waals surface area contributed by atoms with Crippen LogP contribution in [0, 0.1) is 0 Å². The number of nitrogens with one attached hydrogen (secondary N) is 2. The Hall–Kier alpha value is -2.45. The van der Waals surface area contributed by atoms with Gasteiger partial charge in [0.15, 0.2) is 0 Å². The van der Waals surface area contributed by atoms with Gasteiger partial charge in [0.1, 0.15) is 6.54 Å². The highest BCUT2D eigenvalue weighted by Crippen LogP contribution is 2.10. The molecular weight excluding hydrogens is 280 g/mol. The molecule has 0 radical (unpaired) electrons. The first kappa shape index (κ1) is 16.6. The second kappa shape index (κ2) is 6.82. The summed E-state index contributed by atoms with van der Waals surface area (Å²) in [5.41, 5.74) is 0. The average Bonchev–Trinajstić information content (AvgIpc) is 2.59. The monoisotopic (exact) mass is 298 g/mol. The molecule has 116 valence electrons. The predicted molar refractivity (Wildman–Crippen MR) is 70.8 cm³/mol. The molecule has 0 unspecified atom stereocenters. The largest absolute Gasteiger partial charge is 0.352 e. The molecule has 1 fully saturated rings. The molecule has 0 aromatic carbocycles. The number of likely N-dealkylation sites (N-methyl/N-ethyl adjacent to an activating group) is 1. The normalized spacial score (nSPS) is 15.0. The fraction of sp³-hybridized carbons (Fsp3) is 0.583. The molecule has 9 heteroatoms. The topological polar surface area (TPSA) is 116 Å². The van der Waals surface area contributed by atoms with Gasteiger partial charge in [0.05, 0.1) is 6.54 Å². The van der Waals surface area contributed by atoms with Crippen LogP contribution in [0.3, 0.4) is 0 Å². The predicted octanol–water partition coefficient (Wildman–Crippen LogP) is -1.56. The van der Waals surface area contributed by atoms with Crippen LogP contribution in [0.5, 0.6) is 0 Å². The van der Waals surface area contributed by atoms with Crippen LogP contribution in [0.15, 0.2) is 0 Å². The molecule has 1 heterocycles. The van der Waals surface area contributed by atoms with E-state index in [4.69, 9.17) is 0 Å². The summed E-state index contributed by atoms with van der Waals surface area (Å²) in [7, 11) is 0. The standard InChI is InChI=1S/C12H18N4O5/c1-4-15-10(19)11(20)16(12(15)21)6-9(18)13-5-8(17)14-7(2)3/h7H,4-6H2,1-3H3,(H,13,18)(H,14,17). The third kappa shape index (κ3) is 4.01. The Balaban J connectivity index is 2.52. The second-order valence-corrected chi connectivity index (χ2v) is 4.72. The fourth-order valence-electron chi connectivity index (χ4n) is 1.72. The maximum absolute atomic E-state index is 11.7. The lowest BCUT2D eigenvalue weighted by Gasteiger charge is -2.14. The summed E-state index contributed by atoms with van der Waals surface area (Å²) in [5, 5.41) is 4.85. The molecule has 0 aliphatic carbocycles. The van der Waals surface area contributed by atoms with Crippen LogP contribution in [0.2, 0.25) is 0 Å². The first-order chi connectivity index (χ1) is 9.77. The molecular formula is C12H18N4O5. The van der Waals surface area contributed by atoms with E-state index in [1.165, 1.54) is 0 Å². The van der Waals surface area contributed by atoms with E-state index in [1.807, 2.05) is 0 Å². The van der Waals surface area contributed by atoms with Crippen molar-refractivity contribution >= 4 is 29.7 Å². The number of rotatable bonds is 6. The number of hydrogen-bond donors (Lipinski definition) is 2. The van der Waals surface area contributed by atoms with Crippen LogP contribution >= 0.6 is 0 Å². The van der Waals surface area contributed by atoms with Gasteiger partial charge < -0.3 is 10.6 Å². The van der Waals surface area contributed by atoms with Crippen molar-refractivity contribution < 1.29 is 24.0 Å². The lowest BCUT2D eigenvalue weighted by Crippen LogP contribution is -2.45. The number of nitrogens with zero attached hydrogens (tertiary/aromatic N) is 2. The van der Waals surface area contributed by atoms with Gasteiger partial charge in [-0.15, -0.1) is 0 Å². The summed E-state index contributed by atoms with van der Waals surface area (Å²) < 4.78 is 0. The Morgan fingerprint density at radius 2 is 1.62 bits per heavy atom. The van der Waals surface area contributed by atoms with Gasteiger partial charge in [-0.1, -0.05) is 0 Å². The Morgan fingerprint density at radius 1 is 1.05 bits per heavy atom. The third-order valence-corrected chi connectivity index (χ3v) is 2.65. The summed E-state index contributed by atoms with van der Waals surface area (Å²) in [6.45, 7) is 4.28. The third-order valence-electron chi connectivity index (χ3n) is 2.65. The van der Waals surface area contributed by atoms with Gasteiger partial charge in [-0.25, -0.2) is 9.69 Å². The van der Waals surface area contributed by atoms with Gasteiger partial charge in [0.25, 0.3) is 0 Å². The minimum Gasteiger partial charge on any atom is -0.352 e. The summed E-state index contributed by atoms with van der Waals surface area (Å²) in [6, 6.07) is -0.888. The Morgan fingerprint density at radius 3 is 2.10 bits per heavy atom. The van der Waals surface area contributed by atoms with Gasteiger partial charge in [-0.05, 0) is 20.8 Å². The van der Waals surface area contributed by atoms with Crippen LogP contribution in [0.1, 0.15) is 20.8 Å². The van der Waals surface area contributed by atoms with Gasteiger partial charge >= 0.3 is 17.8 Å². The van der Waals surface area contributed by atoms with Gasteiger partial charge in [-0.3, -0.25) is 24.1 Å². The van der Waals surface area contributed by atoms with Crippen molar-refractivity contribution in [2.45, 2.75) is 26.8 Å². The average molecular weight is 298 g/mol. The fourth-order valence-corrected chi connectivity index (χ4v) is 1.72. The zero-order valence-electron chi connectivity index (χ0n) is 12.1. The van der Waals surface area contributed by atoms with Crippen LogP contribution < -0.4 is 10.6 Å². The highest BCUT2D eigenvalue weighted by atomic mass is 16.2. The van der Waals surface area contributed by atoms with E-state index in [0.29, 0.717) is 4.90 Å². The van der Waals surface area contributed by atoms with Crippen LogP contribution in [0.4, 0.5) is 4.79 Å². The molecule has 1 aliphatic heterocycles. The van der Waals surface area contributed by atoms with Crippen molar-refractivity contribution in [2.24, 2.45) is 0 Å². The first-order valence-corrected chi connectivity index (χ1v) is 6.51. The minimum absolute atomic E-state index is 0.0539. The first-order valence-electron chi connectivity index (χ1n) is 6.51. The quantitative estimate of drug-likeness (QED) is 0.454. The number of amides is 6. The molecule has 21 heavy (non-hydrogen) atoms.